The summed E-state index contributed by atoms with van der Waals surface area (Å²) in [4.78, 5) is 23.3. The molecule has 0 saturated carbocycles. The second-order valence-electron chi connectivity index (χ2n) is 6.62. The van der Waals surface area contributed by atoms with E-state index in [1.165, 1.54) is 21.6 Å². The smallest absolute Gasteiger partial charge is 0.316 e. The van der Waals surface area contributed by atoms with Gasteiger partial charge in [-0.25, -0.2) is 0 Å². The van der Waals surface area contributed by atoms with Crippen LogP contribution >= 0.6 is 21.6 Å². The molecule has 0 aromatic carbocycles. The second kappa shape index (κ2) is 13.9. The van der Waals surface area contributed by atoms with Crippen molar-refractivity contribution in [3.8, 4) is 0 Å². The van der Waals surface area contributed by atoms with E-state index in [-0.39, 0.29) is 23.4 Å². The van der Waals surface area contributed by atoms with Crippen molar-refractivity contribution < 1.29 is 19.1 Å². The van der Waals surface area contributed by atoms with E-state index in [1.54, 1.807) is 0 Å². The average molecular weight is 379 g/mol. The number of ether oxygens (including phenoxy) is 2. The van der Waals surface area contributed by atoms with E-state index in [2.05, 4.69) is 41.5 Å². The fourth-order valence-corrected chi connectivity index (χ4v) is 3.45. The first-order valence-corrected chi connectivity index (χ1v) is 11.4. The highest BCUT2D eigenvalue weighted by molar-refractivity contribution is 8.77. The Kier molecular flexibility index (Phi) is 13.7. The summed E-state index contributed by atoms with van der Waals surface area (Å²) < 4.78 is 10.5. The predicted octanol–water partition coefficient (Wildman–Crippen LogP) is 4.82. The van der Waals surface area contributed by atoms with E-state index in [1.807, 2.05) is 0 Å². The van der Waals surface area contributed by atoms with Crippen molar-refractivity contribution in [1.82, 2.24) is 0 Å². The van der Waals surface area contributed by atoms with Crippen LogP contribution in [0.2, 0.25) is 0 Å². The molecule has 4 nitrogen and oxygen atoms in total. The van der Waals surface area contributed by atoms with Crippen LogP contribution in [-0.4, -0.2) is 36.7 Å². The van der Waals surface area contributed by atoms with Crippen LogP contribution in [0.1, 0.15) is 54.4 Å². The zero-order chi connectivity index (χ0) is 18.5. The molecule has 0 amide bonds. The third-order valence-electron chi connectivity index (χ3n) is 4.68. The van der Waals surface area contributed by atoms with Crippen LogP contribution in [-0.2, 0) is 19.1 Å². The molecule has 0 aromatic heterocycles. The molecule has 0 rings (SSSR count). The summed E-state index contributed by atoms with van der Waals surface area (Å²) in [6.45, 7) is 13.7. The molecule has 142 valence electrons. The Morgan fingerprint density at radius 2 is 1.04 bits per heavy atom. The van der Waals surface area contributed by atoms with Crippen LogP contribution in [0.15, 0.2) is 0 Å². The molecule has 0 saturated heterocycles. The first-order valence-electron chi connectivity index (χ1n) is 8.87. The molecular formula is C18H34O4S2. The maximum absolute atomic E-state index is 11.7. The summed E-state index contributed by atoms with van der Waals surface area (Å²) in [5, 5.41) is 0. The van der Waals surface area contributed by atoms with E-state index in [4.69, 9.17) is 9.47 Å². The topological polar surface area (TPSA) is 52.6 Å². The van der Waals surface area contributed by atoms with Crippen LogP contribution in [0.4, 0.5) is 0 Å². The summed E-state index contributed by atoms with van der Waals surface area (Å²) in [5.74, 6) is 1.92. The molecule has 0 aromatic rings. The highest BCUT2D eigenvalue weighted by Crippen LogP contribution is 2.22. The van der Waals surface area contributed by atoms with E-state index < -0.39 is 0 Å². The predicted molar refractivity (Wildman–Crippen MR) is 104 cm³/mol. The third-order valence-corrected chi connectivity index (χ3v) is 6.76. The minimum Gasteiger partial charge on any atom is -0.465 e. The number of hydrogen-bond acceptors (Lipinski definition) is 6. The number of carbonyl (C=O) groups is 2. The Labute approximate surface area is 155 Å². The van der Waals surface area contributed by atoms with Gasteiger partial charge in [-0.15, -0.1) is 0 Å². The molecule has 0 radical (unpaired) electrons. The van der Waals surface area contributed by atoms with E-state index >= 15 is 0 Å². The van der Waals surface area contributed by atoms with Crippen molar-refractivity contribution in [2.45, 2.75) is 54.4 Å². The van der Waals surface area contributed by atoms with Crippen LogP contribution in [0.25, 0.3) is 0 Å². The first-order chi connectivity index (χ1) is 11.3. The summed E-state index contributed by atoms with van der Waals surface area (Å²) >= 11 is 0. The lowest BCUT2D eigenvalue weighted by Gasteiger charge is -2.18. The molecule has 0 aliphatic rings. The monoisotopic (exact) mass is 378 g/mol. The number of rotatable bonds is 13. The fourth-order valence-electron chi connectivity index (χ4n) is 1.84. The van der Waals surface area contributed by atoms with Gasteiger partial charge in [0, 0.05) is 0 Å². The lowest BCUT2D eigenvalue weighted by molar-refractivity contribution is -0.143. The number of hydrogen-bond donors (Lipinski definition) is 0. The van der Waals surface area contributed by atoms with Gasteiger partial charge in [0.05, 0.1) is 13.2 Å². The fraction of sp³-hybridized carbons (Fsp3) is 0.889. The lowest BCUT2D eigenvalue weighted by Crippen LogP contribution is -2.18. The van der Waals surface area contributed by atoms with Gasteiger partial charge >= 0.3 is 11.9 Å². The summed E-state index contributed by atoms with van der Waals surface area (Å²) in [6.07, 6.45) is 2.17. The van der Waals surface area contributed by atoms with Crippen LogP contribution in [0.3, 0.4) is 0 Å². The average Bonchev–Trinajstić information content (AvgIpc) is 2.59. The number of esters is 2. The minimum atomic E-state index is -0.221. The minimum absolute atomic E-state index is 0.221. The molecule has 0 spiro atoms. The standard InChI is InChI=1S/C18H34O4S2/c1-7-13(3)15(5)9-21-17(19)11-23-24-12-18(20)22-10-16(6)14(4)8-2/h13-16H,7-12H2,1-6H3. The Morgan fingerprint density at radius 1 is 0.708 bits per heavy atom. The first kappa shape index (κ1) is 23.6. The highest BCUT2D eigenvalue weighted by Gasteiger charge is 2.15. The Morgan fingerprint density at radius 3 is 1.33 bits per heavy atom. The summed E-state index contributed by atoms with van der Waals surface area (Å²) in [6, 6.07) is 0. The molecule has 0 bridgehead atoms. The molecule has 6 heteroatoms. The zero-order valence-electron chi connectivity index (χ0n) is 16.0. The molecular weight excluding hydrogens is 344 g/mol. The normalized spacial score (nSPS) is 16.1. The molecule has 4 unspecified atom stereocenters. The quantitative estimate of drug-likeness (QED) is 0.260. The lowest BCUT2D eigenvalue weighted by atomic mass is 9.95. The van der Waals surface area contributed by atoms with Gasteiger partial charge in [0.25, 0.3) is 0 Å². The van der Waals surface area contributed by atoms with Crippen molar-refractivity contribution in [1.29, 1.82) is 0 Å². The molecule has 24 heavy (non-hydrogen) atoms. The summed E-state index contributed by atoms with van der Waals surface area (Å²) in [5.41, 5.74) is 0. The van der Waals surface area contributed by atoms with Crippen molar-refractivity contribution in [2.75, 3.05) is 24.7 Å². The molecule has 0 heterocycles. The Bertz CT molecular complexity index is 329. The van der Waals surface area contributed by atoms with Crippen LogP contribution < -0.4 is 0 Å². The van der Waals surface area contributed by atoms with E-state index in [9.17, 15) is 9.59 Å². The van der Waals surface area contributed by atoms with Gasteiger partial charge in [0.15, 0.2) is 0 Å². The highest BCUT2D eigenvalue weighted by atomic mass is 33.1. The Hall–Kier alpha value is -0.360. The zero-order valence-corrected chi connectivity index (χ0v) is 17.6. The van der Waals surface area contributed by atoms with Gasteiger partial charge < -0.3 is 9.47 Å². The molecule has 4 atom stereocenters. The SMILES string of the molecule is CCC(C)C(C)COC(=O)CSSCC(=O)OCC(C)C(C)CC. The van der Waals surface area contributed by atoms with Crippen LogP contribution in [0, 0.1) is 23.7 Å². The molecule has 0 aliphatic heterocycles. The van der Waals surface area contributed by atoms with Gasteiger partial charge in [0.1, 0.15) is 11.5 Å². The summed E-state index contributed by atoms with van der Waals surface area (Å²) in [7, 11) is 2.68. The Balaban J connectivity index is 3.70. The molecule has 0 aliphatic carbocycles. The second-order valence-corrected chi connectivity index (χ2v) is 9.08. The maximum atomic E-state index is 11.7. The van der Waals surface area contributed by atoms with Crippen molar-refractivity contribution in [3.63, 3.8) is 0 Å². The van der Waals surface area contributed by atoms with Gasteiger partial charge in [-0.05, 0) is 23.7 Å². The maximum Gasteiger partial charge on any atom is 0.316 e. The van der Waals surface area contributed by atoms with E-state index in [0.29, 0.717) is 36.9 Å². The largest absolute Gasteiger partial charge is 0.465 e. The van der Waals surface area contributed by atoms with Gasteiger partial charge in [-0.2, -0.15) is 0 Å². The third kappa shape index (κ3) is 11.2. The van der Waals surface area contributed by atoms with Crippen molar-refractivity contribution in [3.05, 3.63) is 0 Å². The molecule has 0 fully saturated rings. The number of carbonyl (C=O) groups excluding carboxylic acids is 2. The van der Waals surface area contributed by atoms with Gasteiger partial charge in [-0.1, -0.05) is 76.0 Å². The van der Waals surface area contributed by atoms with Crippen LogP contribution in [0.5, 0.6) is 0 Å². The van der Waals surface area contributed by atoms with Gasteiger partial charge in [0.2, 0.25) is 0 Å². The van der Waals surface area contributed by atoms with Crippen molar-refractivity contribution >= 4 is 33.5 Å². The van der Waals surface area contributed by atoms with Crippen molar-refractivity contribution in [2.24, 2.45) is 23.7 Å². The molecule has 0 N–H and O–H groups in total. The van der Waals surface area contributed by atoms with E-state index in [0.717, 1.165) is 12.8 Å². The van der Waals surface area contributed by atoms with Gasteiger partial charge in [-0.3, -0.25) is 9.59 Å².